The van der Waals surface area contributed by atoms with Crippen LogP contribution in [0.5, 0.6) is 0 Å². The summed E-state index contributed by atoms with van der Waals surface area (Å²) < 4.78 is 0. The van der Waals surface area contributed by atoms with Crippen LogP contribution in [0.1, 0.15) is 13.3 Å². The van der Waals surface area contributed by atoms with Crippen LogP contribution in [-0.4, -0.2) is 25.5 Å². The van der Waals surface area contributed by atoms with Gasteiger partial charge in [-0.25, -0.2) is 0 Å². The van der Waals surface area contributed by atoms with Crippen LogP contribution in [0.4, 0.5) is 0 Å². The van der Waals surface area contributed by atoms with Crippen molar-refractivity contribution in [2.24, 2.45) is 0 Å². The predicted molar refractivity (Wildman–Crippen MR) is 41.1 cm³/mol. The van der Waals surface area contributed by atoms with Crippen molar-refractivity contribution in [2.75, 3.05) is 20.6 Å². The van der Waals surface area contributed by atoms with Gasteiger partial charge in [-0.3, -0.25) is 0 Å². The molecule has 0 aromatic rings. The van der Waals surface area contributed by atoms with Gasteiger partial charge in [0, 0.05) is 0 Å². The molecular weight excluding hydrogens is 124 g/mol. The maximum Gasteiger partial charge on any atom is -0.00275 e. The smallest absolute Gasteiger partial charge is 0.00275 e. The molecule has 0 aromatic carbocycles. The van der Waals surface area contributed by atoms with Gasteiger partial charge < -0.3 is 11.1 Å². The Morgan fingerprint density at radius 3 is 1.62 bits per heavy atom. The molecule has 0 spiro atoms. The molecule has 0 aromatic heterocycles. The quantitative estimate of drug-likeness (QED) is 0.632. The fourth-order valence-electron chi connectivity index (χ4n) is 0.447. The first-order chi connectivity index (χ1) is 2.77. The zero-order valence-corrected chi connectivity index (χ0v) is 6.79. The van der Waals surface area contributed by atoms with Crippen LogP contribution in [0, 0.1) is 0 Å². The topological polar surface area (TPSA) is 38.2 Å². The Balaban J connectivity index is -0.000000125. The molecule has 3 N–H and O–H groups in total. The van der Waals surface area contributed by atoms with Crippen LogP contribution in [0.3, 0.4) is 0 Å². The maximum absolute atomic E-state index is 2.18. The Kier molecular flexibility index (Phi) is 20.1. The van der Waals surface area contributed by atoms with E-state index in [1.54, 1.807) is 0 Å². The molecule has 0 unspecified atom stereocenters. The molecule has 0 heterocycles. The minimum atomic E-state index is 0. The van der Waals surface area contributed by atoms with Crippen LogP contribution in [-0.2, 0) is 0 Å². The molecule has 0 saturated heterocycles. The van der Waals surface area contributed by atoms with Gasteiger partial charge in [-0.2, -0.15) is 0 Å². The molecule has 0 aliphatic heterocycles. The molecule has 0 aliphatic rings. The first-order valence-electron chi connectivity index (χ1n) is 2.42. The van der Waals surface area contributed by atoms with Gasteiger partial charge >= 0.3 is 0 Å². The molecule has 8 heavy (non-hydrogen) atoms. The fourth-order valence-corrected chi connectivity index (χ4v) is 0.447. The lowest BCUT2D eigenvalue weighted by molar-refractivity contribution is 0.408. The minimum absolute atomic E-state index is 0. The molecule has 0 bridgehead atoms. The second-order valence-corrected chi connectivity index (χ2v) is 1.80. The SMILES string of the molecule is CCCN(C)C.Cl.N. The Morgan fingerprint density at radius 2 is 1.62 bits per heavy atom. The zero-order chi connectivity index (χ0) is 4.99. The van der Waals surface area contributed by atoms with Gasteiger partial charge in [-0.15, -0.1) is 12.4 Å². The molecule has 0 fully saturated rings. The molecule has 54 valence electrons. The summed E-state index contributed by atoms with van der Waals surface area (Å²) >= 11 is 0. The van der Waals surface area contributed by atoms with Crippen molar-refractivity contribution in [3.8, 4) is 0 Å². The summed E-state index contributed by atoms with van der Waals surface area (Å²) in [4.78, 5) is 2.18. The molecule has 0 radical (unpaired) electrons. The first-order valence-corrected chi connectivity index (χ1v) is 2.42. The Morgan fingerprint density at radius 1 is 1.25 bits per heavy atom. The highest BCUT2D eigenvalue weighted by molar-refractivity contribution is 5.85. The number of nitrogens with zero attached hydrogens (tertiary/aromatic N) is 1. The number of hydrogen-bond acceptors (Lipinski definition) is 2. The number of rotatable bonds is 2. The van der Waals surface area contributed by atoms with Gasteiger partial charge in [0.25, 0.3) is 0 Å². The summed E-state index contributed by atoms with van der Waals surface area (Å²) in [7, 11) is 4.17. The monoisotopic (exact) mass is 140 g/mol. The van der Waals surface area contributed by atoms with Gasteiger partial charge in [0.2, 0.25) is 0 Å². The Bertz CT molecular complexity index is 31.6. The highest BCUT2D eigenvalue weighted by atomic mass is 35.5. The third-order valence-electron chi connectivity index (χ3n) is 0.671. The van der Waals surface area contributed by atoms with E-state index in [2.05, 4.69) is 25.9 Å². The summed E-state index contributed by atoms with van der Waals surface area (Å²) in [6.45, 7) is 3.39. The molecular formula is C5H17ClN2. The van der Waals surface area contributed by atoms with Crippen molar-refractivity contribution in [1.29, 1.82) is 0 Å². The average Bonchev–Trinajstić information content (AvgIpc) is 1.35. The average molecular weight is 141 g/mol. The van der Waals surface area contributed by atoms with Gasteiger partial charge in [-0.05, 0) is 27.1 Å². The lowest BCUT2D eigenvalue weighted by Crippen LogP contribution is -2.11. The standard InChI is InChI=1S/C5H13N.ClH.H3N/c1-4-5-6(2)3;;/h4-5H2,1-3H3;1H;1H3. The van der Waals surface area contributed by atoms with Crippen molar-refractivity contribution in [1.82, 2.24) is 11.1 Å². The van der Waals surface area contributed by atoms with E-state index in [1.807, 2.05) is 0 Å². The normalized spacial score (nSPS) is 7.50. The molecule has 0 saturated carbocycles. The fraction of sp³-hybridized carbons (Fsp3) is 1.00. The largest absolute Gasteiger partial charge is 0.344 e. The predicted octanol–water partition coefficient (Wildman–Crippen LogP) is 1.54. The van der Waals surface area contributed by atoms with Gasteiger partial charge in [0.15, 0.2) is 0 Å². The van der Waals surface area contributed by atoms with Crippen LogP contribution < -0.4 is 6.15 Å². The number of hydrogen-bond donors (Lipinski definition) is 1. The second kappa shape index (κ2) is 10.2. The van der Waals surface area contributed by atoms with Crippen LogP contribution in [0.25, 0.3) is 0 Å². The summed E-state index contributed by atoms with van der Waals surface area (Å²) in [6.07, 6.45) is 1.26. The maximum atomic E-state index is 2.18. The summed E-state index contributed by atoms with van der Waals surface area (Å²) in [6, 6.07) is 0. The van der Waals surface area contributed by atoms with E-state index < -0.39 is 0 Å². The molecule has 0 rings (SSSR count). The summed E-state index contributed by atoms with van der Waals surface area (Å²) in [5, 5.41) is 0. The van der Waals surface area contributed by atoms with Gasteiger partial charge in [0.05, 0.1) is 0 Å². The molecule has 2 nitrogen and oxygen atoms in total. The third kappa shape index (κ3) is 16.4. The Hall–Kier alpha value is 0.210. The second-order valence-electron chi connectivity index (χ2n) is 1.80. The van der Waals surface area contributed by atoms with Gasteiger partial charge in [0.1, 0.15) is 0 Å². The van der Waals surface area contributed by atoms with Crippen molar-refractivity contribution in [2.45, 2.75) is 13.3 Å². The third-order valence-corrected chi connectivity index (χ3v) is 0.671. The lowest BCUT2D eigenvalue weighted by Gasteiger charge is -2.03. The van der Waals surface area contributed by atoms with E-state index in [4.69, 9.17) is 0 Å². The van der Waals surface area contributed by atoms with Crippen molar-refractivity contribution in [3.05, 3.63) is 0 Å². The van der Waals surface area contributed by atoms with Crippen molar-refractivity contribution in [3.63, 3.8) is 0 Å². The number of halogens is 1. The summed E-state index contributed by atoms with van der Waals surface area (Å²) in [5.74, 6) is 0. The van der Waals surface area contributed by atoms with Crippen LogP contribution >= 0.6 is 12.4 Å². The zero-order valence-electron chi connectivity index (χ0n) is 5.98. The van der Waals surface area contributed by atoms with Gasteiger partial charge in [-0.1, -0.05) is 6.92 Å². The molecule has 3 heteroatoms. The van der Waals surface area contributed by atoms with E-state index in [-0.39, 0.29) is 18.6 Å². The minimum Gasteiger partial charge on any atom is -0.344 e. The lowest BCUT2D eigenvalue weighted by atomic mass is 10.5. The van der Waals surface area contributed by atoms with Crippen LogP contribution in [0.15, 0.2) is 0 Å². The van der Waals surface area contributed by atoms with E-state index in [1.165, 1.54) is 13.0 Å². The van der Waals surface area contributed by atoms with E-state index in [0.29, 0.717) is 0 Å². The molecule has 0 aliphatic carbocycles. The Labute approximate surface area is 58.2 Å². The van der Waals surface area contributed by atoms with E-state index in [9.17, 15) is 0 Å². The van der Waals surface area contributed by atoms with Crippen molar-refractivity contribution >= 4 is 12.4 Å². The van der Waals surface area contributed by atoms with E-state index in [0.717, 1.165) is 0 Å². The van der Waals surface area contributed by atoms with Crippen LogP contribution in [0.2, 0.25) is 0 Å². The highest BCUT2D eigenvalue weighted by Gasteiger charge is 1.79. The summed E-state index contributed by atoms with van der Waals surface area (Å²) in [5.41, 5.74) is 0. The first kappa shape index (κ1) is 15.7. The van der Waals surface area contributed by atoms with E-state index >= 15 is 0 Å². The molecule has 0 atom stereocenters. The molecule has 0 amide bonds. The highest BCUT2D eigenvalue weighted by Crippen LogP contribution is 1.76. The van der Waals surface area contributed by atoms with Crippen molar-refractivity contribution < 1.29 is 0 Å².